The predicted octanol–water partition coefficient (Wildman–Crippen LogP) is 2.66. The third-order valence-corrected chi connectivity index (χ3v) is 6.23. The molecule has 0 radical (unpaired) electrons. The van der Waals surface area contributed by atoms with Crippen molar-refractivity contribution >= 4 is 26.7 Å². The van der Waals surface area contributed by atoms with Gasteiger partial charge in [-0.1, -0.05) is 36.4 Å². The van der Waals surface area contributed by atoms with E-state index in [1.165, 1.54) is 26.2 Å². The summed E-state index contributed by atoms with van der Waals surface area (Å²) in [5.74, 6) is 0.931. The number of fused-ring (bicyclic) bond motifs is 1. The van der Waals surface area contributed by atoms with Gasteiger partial charge in [-0.25, -0.2) is 12.7 Å². The number of hydrogen-bond donors (Lipinski definition) is 1. The van der Waals surface area contributed by atoms with Crippen LogP contribution in [-0.4, -0.2) is 52.5 Å². The molecule has 0 aliphatic heterocycles. The molecule has 8 heteroatoms. The largest absolute Gasteiger partial charge is 0.492 e. The van der Waals surface area contributed by atoms with Crippen LogP contribution in [0.25, 0.3) is 10.8 Å². The van der Waals surface area contributed by atoms with E-state index in [4.69, 9.17) is 9.47 Å². The standard InChI is InChI=1S/C22H24N2O5S/c1-24(2)30(26,27)19-12-10-18(11-13-19)28-15-14-23-22(25)16-29-21-9-5-7-17-6-3-4-8-20(17)21/h3-13H,14-16H2,1-2H3,(H,23,25). The first-order valence-electron chi connectivity index (χ1n) is 9.40. The topological polar surface area (TPSA) is 84.9 Å². The molecule has 0 atom stereocenters. The fourth-order valence-corrected chi connectivity index (χ4v) is 3.70. The van der Waals surface area contributed by atoms with Crippen molar-refractivity contribution in [2.75, 3.05) is 33.9 Å². The number of nitrogens with zero attached hydrogens (tertiary/aromatic N) is 1. The molecular weight excluding hydrogens is 404 g/mol. The number of benzene rings is 3. The zero-order valence-corrected chi connectivity index (χ0v) is 17.7. The van der Waals surface area contributed by atoms with Crippen LogP contribution < -0.4 is 14.8 Å². The summed E-state index contributed by atoms with van der Waals surface area (Å²) in [7, 11) is -0.509. The zero-order valence-electron chi connectivity index (χ0n) is 16.9. The lowest BCUT2D eigenvalue weighted by Crippen LogP contribution is -2.32. The van der Waals surface area contributed by atoms with Gasteiger partial charge in [0.15, 0.2) is 6.61 Å². The van der Waals surface area contributed by atoms with Gasteiger partial charge in [0.05, 0.1) is 11.4 Å². The van der Waals surface area contributed by atoms with E-state index < -0.39 is 10.0 Å². The third kappa shape index (κ3) is 5.28. The minimum absolute atomic E-state index is 0.0922. The molecule has 7 nitrogen and oxygen atoms in total. The molecule has 0 saturated carbocycles. The Labute approximate surface area is 176 Å². The average Bonchev–Trinajstić information content (AvgIpc) is 2.75. The number of sulfonamides is 1. The molecule has 0 saturated heterocycles. The monoisotopic (exact) mass is 428 g/mol. The number of carbonyl (C=O) groups excluding carboxylic acids is 1. The van der Waals surface area contributed by atoms with E-state index in [0.717, 1.165) is 15.1 Å². The highest BCUT2D eigenvalue weighted by Gasteiger charge is 2.16. The van der Waals surface area contributed by atoms with E-state index >= 15 is 0 Å². The second kappa shape index (κ2) is 9.60. The summed E-state index contributed by atoms with van der Waals surface area (Å²) in [6, 6.07) is 19.7. The van der Waals surface area contributed by atoms with Crippen molar-refractivity contribution in [3.8, 4) is 11.5 Å². The van der Waals surface area contributed by atoms with Gasteiger partial charge < -0.3 is 14.8 Å². The Hall–Kier alpha value is -3.10. The number of rotatable bonds is 9. The fraction of sp³-hybridized carbons (Fsp3) is 0.227. The molecule has 1 amide bonds. The molecular formula is C22H24N2O5S. The summed E-state index contributed by atoms with van der Waals surface area (Å²) < 4.78 is 36.4. The molecule has 0 fully saturated rings. The summed E-state index contributed by atoms with van der Waals surface area (Å²) in [5.41, 5.74) is 0. The third-order valence-electron chi connectivity index (χ3n) is 4.40. The van der Waals surface area contributed by atoms with Crippen molar-refractivity contribution in [1.82, 2.24) is 9.62 Å². The lowest BCUT2D eigenvalue weighted by atomic mass is 10.1. The molecule has 0 unspecified atom stereocenters. The van der Waals surface area contributed by atoms with Crippen LogP contribution in [0.5, 0.6) is 11.5 Å². The molecule has 0 aliphatic rings. The summed E-state index contributed by atoms with van der Waals surface area (Å²) >= 11 is 0. The van der Waals surface area contributed by atoms with Gasteiger partial charge in [-0.05, 0) is 35.7 Å². The highest BCUT2D eigenvalue weighted by atomic mass is 32.2. The van der Waals surface area contributed by atoms with Crippen molar-refractivity contribution in [1.29, 1.82) is 0 Å². The minimum Gasteiger partial charge on any atom is -0.492 e. The Balaban J connectivity index is 1.43. The number of carbonyl (C=O) groups is 1. The van der Waals surface area contributed by atoms with Crippen LogP contribution in [-0.2, 0) is 14.8 Å². The van der Waals surface area contributed by atoms with Crippen LogP contribution in [0.4, 0.5) is 0 Å². The SMILES string of the molecule is CN(C)S(=O)(=O)c1ccc(OCCNC(=O)COc2cccc3ccccc23)cc1. The molecule has 0 aliphatic carbocycles. The van der Waals surface area contributed by atoms with Crippen LogP contribution in [0.3, 0.4) is 0 Å². The molecule has 3 rings (SSSR count). The second-order valence-electron chi connectivity index (χ2n) is 6.72. The molecule has 30 heavy (non-hydrogen) atoms. The van der Waals surface area contributed by atoms with Gasteiger partial charge in [0.25, 0.3) is 5.91 Å². The van der Waals surface area contributed by atoms with E-state index in [1.807, 2.05) is 42.5 Å². The van der Waals surface area contributed by atoms with E-state index in [9.17, 15) is 13.2 Å². The number of amides is 1. The Morgan fingerprint density at radius 1 is 0.933 bits per heavy atom. The Morgan fingerprint density at radius 3 is 2.37 bits per heavy atom. The second-order valence-corrected chi connectivity index (χ2v) is 8.88. The first-order valence-corrected chi connectivity index (χ1v) is 10.8. The van der Waals surface area contributed by atoms with Crippen molar-refractivity contribution in [2.45, 2.75) is 4.90 Å². The van der Waals surface area contributed by atoms with Crippen LogP contribution in [0.1, 0.15) is 0 Å². The number of ether oxygens (including phenoxy) is 2. The van der Waals surface area contributed by atoms with Gasteiger partial charge >= 0.3 is 0 Å². The van der Waals surface area contributed by atoms with E-state index in [0.29, 0.717) is 18.0 Å². The van der Waals surface area contributed by atoms with Crippen molar-refractivity contribution in [3.05, 3.63) is 66.7 Å². The van der Waals surface area contributed by atoms with Crippen LogP contribution in [0, 0.1) is 0 Å². The maximum Gasteiger partial charge on any atom is 0.258 e. The van der Waals surface area contributed by atoms with Gasteiger partial charge in [0.1, 0.15) is 18.1 Å². The molecule has 0 spiro atoms. The smallest absolute Gasteiger partial charge is 0.258 e. The maximum atomic E-state index is 12.0. The molecule has 3 aromatic rings. The molecule has 0 bridgehead atoms. The van der Waals surface area contributed by atoms with Gasteiger partial charge in [-0.15, -0.1) is 0 Å². The molecule has 158 valence electrons. The first kappa shape index (κ1) is 21.6. The van der Waals surface area contributed by atoms with Crippen LogP contribution in [0.15, 0.2) is 71.6 Å². The lowest BCUT2D eigenvalue weighted by molar-refractivity contribution is -0.123. The first-order chi connectivity index (χ1) is 14.4. The Bertz CT molecular complexity index is 1110. The average molecular weight is 429 g/mol. The summed E-state index contributed by atoms with van der Waals surface area (Å²) in [6.45, 7) is 0.459. The minimum atomic E-state index is -3.47. The molecule has 0 heterocycles. The van der Waals surface area contributed by atoms with Crippen LogP contribution in [0.2, 0.25) is 0 Å². The highest BCUT2D eigenvalue weighted by Crippen LogP contribution is 2.25. The normalized spacial score (nSPS) is 11.4. The number of hydrogen-bond acceptors (Lipinski definition) is 5. The lowest BCUT2D eigenvalue weighted by Gasteiger charge is -2.12. The van der Waals surface area contributed by atoms with E-state index in [2.05, 4.69) is 5.32 Å². The predicted molar refractivity (Wildman–Crippen MR) is 115 cm³/mol. The molecule has 3 aromatic carbocycles. The van der Waals surface area contributed by atoms with E-state index in [-0.39, 0.29) is 24.0 Å². The summed E-state index contributed by atoms with van der Waals surface area (Å²) in [6.07, 6.45) is 0. The number of nitrogens with one attached hydrogen (secondary N) is 1. The Kier molecular flexibility index (Phi) is 6.91. The van der Waals surface area contributed by atoms with Crippen molar-refractivity contribution < 1.29 is 22.7 Å². The van der Waals surface area contributed by atoms with Gasteiger partial charge in [0.2, 0.25) is 10.0 Å². The van der Waals surface area contributed by atoms with E-state index in [1.54, 1.807) is 12.1 Å². The van der Waals surface area contributed by atoms with Gasteiger partial charge in [0, 0.05) is 19.5 Å². The summed E-state index contributed by atoms with van der Waals surface area (Å²) in [5, 5.41) is 4.73. The van der Waals surface area contributed by atoms with Crippen molar-refractivity contribution in [2.24, 2.45) is 0 Å². The fourth-order valence-electron chi connectivity index (χ4n) is 2.79. The highest BCUT2D eigenvalue weighted by molar-refractivity contribution is 7.89. The molecule has 1 N–H and O–H groups in total. The van der Waals surface area contributed by atoms with Gasteiger partial charge in [-0.2, -0.15) is 0 Å². The van der Waals surface area contributed by atoms with Gasteiger partial charge in [-0.3, -0.25) is 4.79 Å². The quantitative estimate of drug-likeness (QED) is 0.530. The van der Waals surface area contributed by atoms with Crippen LogP contribution >= 0.6 is 0 Å². The summed E-state index contributed by atoms with van der Waals surface area (Å²) in [4.78, 5) is 12.2. The Morgan fingerprint density at radius 2 is 1.63 bits per heavy atom. The molecule has 0 aromatic heterocycles. The van der Waals surface area contributed by atoms with Crippen molar-refractivity contribution in [3.63, 3.8) is 0 Å². The maximum absolute atomic E-state index is 12.0. The zero-order chi connectivity index (χ0) is 21.6.